The van der Waals surface area contributed by atoms with E-state index in [0.717, 1.165) is 28.2 Å². The Bertz CT molecular complexity index is 887. The van der Waals surface area contributed by atoms with Gasteiger partial charge in [-0.2, -0.15) is 5.10 Å². The quantitative estimate of drug-likeness (QED) is 0.593. The number of hydrogen-bond donors (Lipinski definition) is 3. The van der Waals surface area contributed by atoms with Gasteiger partial charge < -0.3 is 10.6 Å². The van der Waals surface area contributed by atoms with Crippen molar-refractivity contribution in [2.45, 2.75) is 26.3 Å². The number of amides is 2. The predicted molar refractivity (Wildman–Crippen MR) is 103 cm³/mol. The van der Waals surface area contributed by atoms with Crippen molar-refractivity contribution >= 4 is 28.8 Å². The average Bonchev–Trinajstić information content (AvgIpc) is 3.31. The molecule has 7 heteroatoms. The minimum atomic E-state index is -0.246. The van der Waals surface area contributed by atoms with E-state index in [9.17, 15) is 9.59 Å². The van der Waals surface area contributed by atoms with Crippen molar-refractivity contribution in [2.75, 3.05) is 5.32 Å². The SMILES string of the molecule is CCCC(=O)Nc1cccc(CNC(=O)c2cc(-c3cccs3)[nH]n2)c1. The first-order valence-electron chi connectivity index (χ1n) is 8.42. The summed E-state index contributed by atoms with van der Waals surface area (Å²) in [5.41, 5.74) is 2.81. The topological polar surface area (TPSA) is 86.9 Å². The molecule has 1 aromatic carbocycles. The van der Waals surface area contributed by atoms with Crippen LogP contribution in [0.4, 0.5) is 5.69 Å². The maximum atomic E-state index is 12.3. The largest absolute Gasteiger partial charge is 0.347 e. The molecule has 2 amide bonds. The van der Waals surface area contributed by atoms with E-state index in [1.165, 1.54) is 0 Å². The van der Waals surface area contributed by atoms with E-state index in [-0.39, 0.29) is 11.8 Å². The number of thiophene rings is 1. The maximum absolute atomic E-state index is 12.3. The highest BCUT2D eigenvalue weighted by Crippen LogP contribution is 2.22. The highest BCUT2D eigenvalue weighted by molar-refractivity contribution is 7.13. The maximum Gasteiger partial charge on any atom is 0.272 e. The number of H-pyrrole nitrogens is 1. The number of carbonyl (C=O) groups excluding carboxylic acids is 2. The van der Waals surface area contributed by atoms with Crippen LogP contribution < -0.4 is 10.6 Å². The summed E-state index contributed by atoms with van der Waals surface area (Å²) in [6.07, 6.45) is 1.30. The minimum Gasteiger partial charge on any atom is -0.347 e. The predicted octanol–water partition coefficient (Wildman–Crippen LogP) is 3.81. The smallest absolute Gasteiger partial charge is 0.272 e. The van der Waals surface area contributed by atoms with E-state index in [1.54, 1.807) is 17.4 Å². The zero-order valence-electron chi connectivity index (χ0n) is 14.4. The number of benzene rings is 1. The van der Waals surface area contributed by atoms with Gasteiger partial charge in [-0.1, -0.05) is 25.1 Å². The van der Waals surface area contributed by atoms with Crippen LogP contribution >= 0.6 is 11.3 Å². The van der Waals surface area contributed by atoms with Gasteiger partial charge in [-0.25, -0.2) is 0 Å². The number of aromatic amines is 1. The lowest BCUT2D eigenvalue weighted by atomic mass is 10.2. The molecule has 0 aliphatic rings. The third-order valence-corrected chi connectivity index (χ3v) is 4.64. The molecule has 0 unspecified atom stereocenters. The lowest BCUT2D eigenvalue weighted by Crippen LogP contribution is -2.23. The average molecular weight is 368 g/mol. The zero-order chi connectivity index (χ0) is 18.4. The molecule has 3 aromatic rings. The molecule has 0 saturated carbocycles. The molecule has 0 bridgehead atoms. The Kier molecular flexibility index (Phi) is 5.80. The molecule has 2 aromatic heterocycles. The van der Waals surface area contributed by atoms with E-state index < -0.39 is 0 Å². The van der Waals surface area contributed by atoms with Crippen LogP contribution in [0, 0.1) is 0 Å². The van der Waals surface area contributed by atoms with Crippen molar-refractivity contribution in [3.8, 4) is 10.6 Å². The van der Waals surface area contributed by atoms with Gasteiger partial charge in [0.1, 0.15) is 0 Å². The summed E-state index contributed by atoms with van der Waals surface area (Å²) in [5.74, 6) is -0.254. The van der Waals surface area contributed by atoms with Gasteiger partial charge in [0.15, 0.2) is 5.69 Å². The highest BCUT2D eigenvalue weighted by Gasteiger charge is 2.12. The van der Waals surface area contributed by atoms with Crippen LogP contribution in [0.2, 0.25) is 0 Å². The van der Waals surface area contributed by atoms with E-state index in [0.29, 0.717) is 18.7 Å². The second-order valence-corrected chi connectivity index (χ2v) is 6.77. The summed E-state index contributed by atoms with van der Waals surface area (Å²) in [6, 6.07) is 13.1. The number of aromatic nitrogens is 2. The fourth-order valence-corrected chi connectivity index (χ4v) is 3.17. The molecule has 0 radical (unpaired) electrons. The van der Waals surface area contributed by atoms with Crippen LogP contribution in [0.3, 0.4) is 0 Å². The van der Waals surface area contributed by atoms with Crippen LogP contribution in [0.1, 0.15) is 35.8 Å². The monoisotopic (exact) mass is 368 g/mol. The van der Waals surface area contributed by atoms with Gasteiger partial charge >= 0.3 is 0 Å². The molecular weight excluding hydrogens is 348 g/mol. The van der Waals surface area contributed by atoms with Crippen LogP contribution in [0.5, 0.6) is 0 Å². The van der Waals surface area contributed by atoms with E-state index in [4.69, 9.17) is 0 Å². The van der Waals surface area contributed by atoms with Gasteiger partial charge in [-0.3, -0.25) is 14.7 Å². The molecule has 6 nitrogen and oxygen atoms in total. The van der Waals surface area contributed by atoms with Gasteiger partial charge in [-0.15, -0.1) is 11.3 Å². The van der Waals surface area contributed by atoms with Gasteiger partial charge in [-0.05, 0) is 41.6 Å². The number of nitrogens with zero attached hydrogens (tertiary/aromatic N) is 1. The number of anilines is 1. The first kappa shape index (κ1) is 17.9. The Morgan fingerprint density at radius 1 is 1.19 bits per heavy atom. The molecule has 3 rings (SSSR count). The summed E-state index contributed by atoms with van der Waals surface area (Å²) in [5, 5.41) is 14.6. The Labute approximate surface area is 155 Å². The number of carbonyl (C=O) groups is 2. The molecular formula is C19H20N4O2S. The van der Waals surface area contributed by atoms with Crippen LogP contribution in [-0.2, 0) is 11.3 Å². The molecule has 0 saturated heterocycles. The molecule has 26 heavy (non-hydrogen) atoms. The van der Waals surface area contributed by atoms with E-state index >= 15 is 0 Å². The highest BCUT2D eigenvalue weighted by atomic mass is 32.1. The van der Waals surface area contributed by atoms with Crippen molar-refractivity contribution in [3.05, 3.63) is 59.1 Å². The van der Waals surface area contributed by atoms with Gasteiger partial charge in [0.05, 0.1) is 10.6 Å². The molecule has 0 spiro atoms. The van der Waals surface area contributed by atoms with Crippen molar-refractivity contribution in [1.29, 1.82) is 0 Å². The van der Waals surface area contributed by atoms with Crippen LogP contribution in [-0.4, -0.2) is 22.0 Å². The number of nitrogens with one attached hydrogen (secondary N) is 3. The molecule has 0 fully saturated rings. The Hall–Kier alpha value is -2.93. The fourth-order valence-electron chi connectivity index (χ4n) is 2.48. The molecule has 2 heterocycles. The van der Waals surface area contributed by atoms with E-state index in [2.05, 4.69) is 20.8 Å². The van der Waals surface area contributed by atoms with Crippen molar-refractivity contribution in [1.82, 2.24) is 15.5 Å². The summed E-state index contributed by atoms with van der Waals surface area (Å²) in [6.45, 7) is 2.32. The fraction of sp³-hybridized carbons (Fsp3) is 0.211. The Morgan fingerprint density at radius 3 is 2.85 bits per heavy atom. The molecule has 3 N–H and O–H groups in total. The third kappa shape index (κ3) is 4.58. The summed E-state index contributed by atoms with van der Waals surface area (Å²) in [7, 11) is 0. The van der Waals surface area contributed by atoms with Crippen LogP contribution in [0.15, 0.2) is 47.8 Å². The van der Waals surface area contributed by atoms with Gasteiger partial charge in [0.2, 0.25) is 5.91 Å². The van der Waals surface area contributed by atoms with Crippen molar-refractivity contribution in [3.63, 3.8) is 0 Å². The van der Waals surface area contributed by atoms with Gasteiger partial charge in [0.25, 0.3) is 5.91 Å². The number of hydrogen-bond acceptors (Lipinski definition) is 4. The first-order chi connectivity index (χ1) is 12.7. The van der Waals surface area contributed by atoms with Gasteiger partial charge in [0, 0.05) is 18.7 Å². The minimum absolute atomic E-state index is 0.00804. The number of rotatable bonds is 7. The lowest BCUT2D eigenvalue weighted by Gasteiger charge is -2.08. The van der Waals surface area contributed by atoms with Crippen LogP contribution in [0.25, 0.3) is 10.6 Å². The lowest BCUT2D eigenvalue weighted by molar-refractivity contribution is -0.116. The van der Waals surface area contributed by atoms with E-state index in [1.807, 2.05) is 48.7 Å². The van der Waals surface area contributed by atoms with Crippen molar-refractivity contribution < 1.29 is 9.59 Å². The second kappa shape index (κ2) is 8.44. The standard InChI is InChI=1S/C19H20N4O2S/c1-2-5-18(24)21-14-7-3-6-13(10-14)12-20-19(25)16-11-15(22-23-16)17-8-4-9-26-17/h3-4,6-11H,2,5,12H2,1H3,(H,20,25)(H,21,24)(H,22,23). The normalized spacial score (nSPS) is 10.5. The first-order valence-corrected chi connectivity index (χ1v) is 9.30. The summed E-state index contributed by atoms with van der Waals surface area (Å²) >= 11 is 1.58. The molecule has 0 aliphatic carbocycles. The molecule has 134 valence electrons. The zero-order valence-corrected chi connectivity index (χ0v) is 15.2. The summed E-state index contributed by atoms with van der Waals surface area (Å²) < 4.78 is 0. The van der Waals surface area contributed by atoms with Crippen molar-refractivity contribution in [2.24, 2.45) is 0 Å². The Balaban J connectivity index is 1.58. The second-order valence-electron chi connectivity index (χ2n) is 5.83. The third-order valence-electron chi connectivity index (χ3n) is 3.74. The molecule has 0 atom stereocenters. The Morgan fingerprint density at radius 2 is 2.08 bits per heavy atom. The summed E-state index contributed by atoms with van der Waals surface area (Å²) in [4.78, 5) is 25.0. The molecule has 0 aliphatic heterocycles.